The molecule has 0 radical (unpaired) electrons. The number of rotatable bonds is 10. The molecule has 0 saturated heterocycles. The Balaban J connectivity index is 2.02. The van der Waals surface area contributed by atoms with Gasteiger partial charge in [-0.2, -0.15) is 11.8 Å². The van der Waals surface area contributed by atoms with E-state index in [0.29, 0.717) is 13.2 Å². The van der Waals surface area contributed by atoms with E-state index < -0.39 is 6.10 Å². The van der Waals surface area contributed by atoms with E-state index in [2.05, 4.69) is 5.32 Å². The monoisotopic (exact) mass is 263 g/mol. The highest BCUT2D eigenvalue weighted by Crippen LogP contribution is 2.28. The van der Waals surface area contributed by atoms with Crippen molar-refractivity contribution < 1.29 is 14.9 Å². The molecule has 102 valence electrons. The van der Waals surface area contributed by atoms with Crippen LogP contribution in [0.15, 0.2) is 0 Å². The normalized spacial score (nSPS) is 21.2. The van der Waals surface area contributed by atoms with Crippen molar-refractivity contribution in [2.75, 3.05) is 32.6 Å². The highest BCUT2D eigenvalue weighted by Gasteiger charge is 2.21. The largest absolute Gasteiger partial charge is 0.395 e. The molecule has 3 unspecified atom stereocenters. The lowest BCUT2D eigenvalue weighted by Crippen LogP contribution is -2.42. The predicted octanol–water partition coefficient (Wildman–Crippen LogP) is 0.476. The second-order valence-corrected chi connectivity index (χ2v) is 5.87. The smallest absolute Gasteiger partial charge is 0.0897 e. The average Bonchev–Trinajstić information content (AvgIpc) is 3.12. The summed E-state index contributed by atoms with van der Waals surface area (Å²) in [5.41, 5.74) is 0. The number of nitrogens with one attached hydrogen (secondary N) is 1. The lowest BCUT2D eigenvalue weighted by molar-refractivity contribution is 0.0313. The molecule has 1 rings (SSSR count). The zero-order valence-electron chi connectivity index (χ0n) is 10.8. The first-order valence-electron chi connectivity index (χ1n) is 6.30. The van der Waals surface area contributed by atoms with Crippen LogP contribution < -0.4 is 5.32 Å². The Morgan fingerprint density at radius 1 is 1.47 bits per heavy atom. The Hall–Kier alpha value is 0.190. The van der Waals surface area contributed by atoms with Gasteiger partial charge in [-0.25, -0.2) is 0 Å². The first-order chi connectivity index (χ1) is 8.17. The van der Waals surface area contributed by atoms with Crippen LogP contribution in [0.2, 0.25) is 0 Å². The molecule has 0 aliphatic heterocycles. The third-order valence-electron chi connectivity index (χ3n) is 3.08. The quantitative estimate of drug-likeness (QED) is 0.535. The Morgan fingerprint density at radius 3 is 2.71 bits per heavy atom. The Kier molecular flexibility index (Phi) is 7.46. The molecular weight excluding hydrogens is 238 g/mol. The molecular formula is C12H25NO3S. The second kappa shape index (κ2) is 8.32. The van der Waals surface area contributed by atoms with E-state index in [9.17, 15) is 5.11 Å². The van der Waals surface area contributed by atoms with Crippen molar-refractivity contribution in [1.29, 1.82) is 0 Å². The minimum atomic E-state index is -0.461. The number of ether oxygens (including phenoxy) is 1. The molecule has 0 heterocycles. The summed E-state index contributed by atoms with van der Waals surface area (Å²) < 4.78 is 5.42. The minimum absolute atomic E-state index is 0.156. The Bertz CT molecular complexity index is 198. The van der Waals surface area contributed by atoms with E-state index >= 15 is 0 Å². The van der Waals surface area contributed by atoms with Crippen LogP contribution in [-0.4, -0.2) is 60.2 Å². The first-order valence-corrected chi connectivity index (χ1v) is 7.59. The third-order valence-corrected chi connectivity index (χ3v) is 4.24. The van der Waals surface area contributed by atoms with Gasteiger partial charge in [0.15, 0.2) is 0 Å². The summed E-state index contributed by atoms with van der Waals surface area (Å²) in [4.78, 5) is 0. The van der Waals surface area contributed by atoms with Crippen LogP contribution in [-0.2, 0) is 4.74 Å². The van der Waals surface area contributed by atoms with Gasteiger partial charge in [-0.1, -0.05) is 0 Å². The van der Waals surface area contributed by atoms with Crippen LogP contribution in [0, 0.1) is 5.92 Å². The molecule has 4 nitrogen and oxygen atoms in total. The van der Waals surface area contributed by atoms with Crippen molar-refractivity contribution in [3.8, 4) is 0 Å². The lowest BCUT2D eigenvalue weighted by Gasteiger charge is -2.23. The fourth-order valence-electron chi connectivity index (χ4n) is 1.60. The first kappa shape index (κ1) is 15.2. The number of aliphatic hydroxyl groups excluding tert-OH is 2. The molecule has 0 spiro atoms. The van der Waals surface area contributed by atoms with Crippen molar-refractivity contribution in [2.24, 2.45) is 5.92 Å². The van der Waals surface area contributed by atoms with Crippen LogP contribution in [0.25, 0.3) is 0 Å². The summed E-state index contributed by atoms with van der Waals surface area (Å²) in [6.07, 6.45) is 4.07. The molecule has 1 aliphatic carbocycles. The standard InChI is InChI=1S/C12H25NO3S/c1-9(12(6-14)17-2)13-5-11(15)8-16-7-10-3-4-10/h9-15H,3-8H2,1-2H3. The molecule has 0 aromatic rings. The molecule has 0 aromatic carbocycles. The zero-order valence-corrected chi connectivity index (χ0v) is 11.6. The van der Waals surface area contributed by atoms with Gasteiger partial charge in [0.1, 0.15) is 0 Å². The fourth-order valence-corrected chi connectivity index (χ4v) is 2.26. The summed E-state index contributed by atoms with van der Waals surface area (Å²) in [5.74, 6) is 0.740. The van der Waals surface area contributed by atoms with E-state index in [1.54, 1.807) is 11.8 Å². The summed E-state index contributed by atoms with van der Waals surface area (Å²) >= 11 is 1.63. The molecule has 0 amide bonds. The van der Waals surface area contributed by atoms with Gasteiger partial charge < -0.3 is 20.3 Å². The number of aliphatic hydroxyl groups is 2. The summed E-state index contributed by atoms with van der Waals surface area (Å²) in [5, 5.41) is 22.2. The van der Waals surface area contributed by atoms with Crippen molar-refractivity contribution in [2.45, 2.75) is 37.2 Å². The highest BCUT2D eigenvalue weighted by atomic mass is 32.2. The molecule has 0 aromatic heterocycles. The number of hydrogen-bond acceptors (Lipinski definition) is 5. The van der Waals surface area contributed by atoms with Gasteiger partial charge in [0, 0.05) is 24.4 Å². The maximum absolute atomic E-state index is 9.70. The van der Waals surface area contributed by atoms with Crippen LogP contribution in [0.5, 0.6) is 0 Å². The van der Waals surface area contributed by atoms with Gasteiger partial charge in [-0.05, 0) is 31.9 Å². The maximum Gasteiger partial charge on any atom is 0.0897 e. The highest BCUT2D eigenvalue weighted by molar-refractivity contribution is 7.99. The van der Waals surface area contributed by atoms with Gasteiger partial charge in [0.25, 0.3) is 0 Å². The third kappa shape index (κ3) is 6.62. The maximum atomic E-state index is 9.70. The van der Waals surface area contributed by atoms with E-state index in [1.165, 1.54) is 12.8 Å². The van der Waals surface area contributed by atoms with Gasteiger partial charge in [-0.3, -0.25) is 0 Å². The average molecular weight is 263 g/mol. The lowest BCUT2D eigenvalue weighted by atomic mass is 10.2. The van der Waals surface area contributed by atoms with Gasteiger partial charge in [0.05, 0.1) is 19.3 Å². The SMILES string of the molecule is CSC(CO)C(C)NCC(O)COCC1CC1. The van der Waals surface area contributed by atoms with Gasteiger partial charge in [-0.15, -0.1) is 0 Å². The molecule has 17 heavy (non-hydrogen) atoms. The molecule has 1 saturated carbocycles. The van der Waals surface area contributed by atoms with Crippen LogP contribution in [0.3, 0.4) is 0 Å². The molecule has 1 fully saturated rings. The Labute approximate surface area is 108 Å². The van der Waals surface area contributed by atoms with Crippen molar-refractivity contribution in [3.05, 3.63) is 0 Å². The Morgan fingerprint density at radius 2 is 2.18 bits per heavy atom. The predicted molar refractivity (Wildman–Crippen MR) is 71.4 cm³/mol. The topological polar surface area (TPSA) is 61.7 Å². The van der Waals surface area contributed by atoms with E-state index in [0.717, 1.165) is 12.5 Å². The molecule has 3 atom stereocenters. The molecule has 5 heteroatoms. The van der Waals surface area contributed by atoms with Crippen molar-refractivity contribution >= 4 is 11.8 Å². The van der Waals surface area contributed by atoms with Crippen LogP contribution >= 0.6 is 11.8 Å². The summed E-state index contributed by atoms with van der Waals surface area (Å²) in [6, 6.07) is 0.188. The van der Waals surface area contributed by atoms with Gasteiger partial charge in [0.2, 0.25) is 0 Å². The van der Waals surface area contributed by atoms with Crippen molar-refractivity contribution in [3.63, 3.8) is 0 Å². The van der Waals surface area contributed by atoms with E-state index in [4.69, 9.17) is 9.84 Å². The van der Waals surface area contributed by atoms with Gasteiger partial charge >= 0.3 is 0 Å². The molecule has 3 N–H and O–H groups in total. The molecule has 1 aliphatic rings. The fraction of sp³-hybridized carbons (Fsp3) is 1.00. The number of thioether (sulfide) groups is 1. The van der Waals surface area contributed by atoms with E-state index in [-0.39, 0.29) is 17.9 Å². The minimum Gasteiger partial charge on any atom is -0.395 e. The zero-order chi connectivity index (χ0) is 12.7. The van der Waals surface area contributed by atoms with Crippen LogP contribution in [0.1, 0.15) is 19.8 Å². The summed E-state index contributed by atoms with van der Waals surface area (Å²) in [7, 11) is 0. The molecule has 0 bridgehead atoms. The summed E-state index contributed by atoms with van der Waals surface area (Å²) in [6.45, 7) is 3.89. The van der Waals surface area contributed by atoms with E-state index in [1.807, 2.05) is 13.2 Å². The second-order valence-electron chi connectivity index (χ2n) is 4.79. The van der Waals surface area contributed by atoms with Crippen molar-refractivity contribution in [1.82, 2.24) is 5.32 Å². The number of hydrogen-bond donors (Lipinski definition) is 3. The van der Waals surface area contributed by atoms with Crippen LogP contribution in [0.4, 0.5) is 0 Å².